The number of halogens is 1. The zero-order valence-corrected chi connectivity index (χ0v) is 13.4. The fraction of sp³-hybridized carbons (Fsp3) is 0. The van der Waals surface area contributed by atoms with E-state index in [4.69, 9.17) is 0 Å². The molecule has 0 fully saturated rings. The highest BCUT2D eigenvalue weighted by Gasteiger charge is 2.22. The van der Waals surface area contributed by atoms with Crippen molar-refractivity contribution in [3.63, 3.8) is 0 Å². The summed E-state index contributed by atoms with van der Waals surface area (Å²) < 4.78 is 39.7. The number of aromatic amines is 1. The molecular formula is C15H12FN5O3S. The maximum Gasteiger partial charge on any atom is 0.280 e. The summed E-state index contributed by atoms with van der Waals surface area (Å²) in [5.74, 6) is -1.40. The Labute approximate surface area is 142 Å². The van der Waals surface area contributed by atoms with Crippen molar-refractivity contribution >= 4 is 27.4 Å². The van der Waals surface area contributed by atoms with Crippen LogP contribution < -0.4 is 10.0 Å². The molecule has 0 saturated heterocycles. The van der Waals surface area contributed by atoms with Crippen molar-refractivity contribution in [2.24, 2.45) is 0 Å². The van der Waals surface area contributed by atoms with Crippen LogP contribution in [0, 0.1) is 5.82 Å². The summed E-state index contributed by atoms with van der Waals surface area (Å²) in [5, 5.41) is 12.0. The Morgan fingerprint density at radius 1 is 1.00 bits per heavy atom. The largest absolute Gasteiger partial charge is 0.320 e. The lowest BCUT2D eigenvalue weighted by atomic mass is 10.3. The van der Waals surface area contributed by atoms with Crippen molar-refractivity contribution in [2.45, 2.75) is 4.90 Å². The van der Waals surface area contributed by atoms with Crippen LogP contribution in [0.15, 0.2) is 59.5 Å². The standard InChI is InChI=1S/C15H12FN5O3S/c16-10-6-8-11(9-7-10)17-15(22)13-14(19-21-18-13)20-25(23,24)12-4-2-1-3-5-12/h1-9H,(H,17,22)(H2,18,19,20,21). The molecule has 0 spiro atoms. The summed E-state index contributed by atoms with van der Waals surface area (Å²) in [5.41, 5.74) is 0.0788. The van der Waals surface area contributed by atoms with Crippen molar-refractivity contribution in [3.05, 3.63) is 66.1 Å². The molecule has 8 nitrogen and oxygen atoms in total. The van der Waals surface area contributed by atoms with Gasteiger partial charge in [-0.3, -0.25) is 9.52 Å². The molecule has 0 radical (unpaired) electrons. The summed E-state index contributed by atoms with van der Waals surface area (Å²) in [4.78, 5) is 12.3. The molecule has 0 unspecified atom stereocenters. The van der Waals surface area contributed by atoms with Crippen LogP contribution >= 0.6 is 0 Å². The van der Waals surface area contributed by atoms with Crippen molar-refractivity contribution in [2.75, 3.05) is 10.0 Å². The smallest absolute Gasteiger partial charge is 0.280 e. The number of rotatable bonds is 5. The van der Waals surface area contributed by atoms with E-state index in [1.165, 1.54) is 36.4 Å². The van der Waals surface area contributed by atoms with E-state index < -0.39 is 21.7 Å². The van der Waals surface area contributed by atoms with Crippen molar-refractivity contribution < 1.29 is 17.6 Å². The Morgan fingerprint density at radius 2 is 1.68 bits per heavy atom. The minimum Gasteiger partial charge on any atom is -0.320 e. The first-order chi connectivity index (χ1) is 12.0. The van der Waals surface area contributed by atoms with Gasteiger partial charge in [0.25, 0.3) is 15.9 Å². The molecule has 1 heterocycles. The van der Waals surface area contributed by atoms with E-state index in [-0.39, 0.29) is 16.4 Å². The Morgan fingerprint density at radius 3 is 2.36 bits per heavy atom. The number of hydrogen-bond donors (Lipinski definition) is 3. The van der Waals surface area contributed by atoms with Crippen molar-refractivity contribution in [1.29, 1.82) is 0 Å². The topological polar surface area (TPSA) is 117 Å². The van der Waals surface area contributed by atoms with Gasteiger partial charge < -0.3 is 5.32 Å². The molecule has 0 bridgehead atoms. The second-order valence-electron chi connectivity index (χ2n) is 4.90. The van der Waals surface area contributed by atoms with Gasteiger partial charge in [0.05, 0.1) is 4.90 Å². The maximum absolute atomic E-state index is 12.9. The number of sulfonamides is 1. The number of aromatic nitrogens is 3. The fourth-order valence-corrected chi connectivity index (χ4v) is 3.00. The fourth-order valence-electron chi connectivity index (χ4n) is 1.97. The normalized spacial score (nSPS) is 11.1. The number of carbonyl (C=O) groups is 1. The van der Waals surface area contributed by atoms with E-state index in [0.717, 1.165) is 0 Å². The van der Waals surface area contributed by atoms with Crippen LogP contribution in [0.1, 0.15) is 10.5 Å². The monoisotopic (exact) mass is 361 g/mol. The number of hydrogen-bond acceptors (Lipinski definition) is 5. The Hall–Kier alpha value is -3.27. The highest BCUT2D eigenvalue weighted by Crippen LogP contribution is 2.17. The third kappa shape index (κ3) is 3.80. The molecule has 1 aromatic heterocycles. The number of nitrogens with one attached hydrogen (secondary N) is 3. The zero-order chi connectivity index (χ0) is 17.9. The number of nitrogens with zero attached hydrogens (tertiary/aromatic N) is 2. The van der Waals surface area contributed by atoms with Crippen molar-refractivity contribution in [3.8, 4) is 0 Å². The molecular weight excluding hydrogens is 349 g/mol. The summed E-state index contributed by atoms with van der Waals surface area (Å²) in [6.07, 6.45) is 0. The lowest BCUT2D eigenvalue weighted by Gasteiger charge is -2.07. The molecule has 0 atom stereocenters. The van der Waals surface area contributed by atoms with Gasteiger partial charge in [-0.15, -0.1) is 10.2 Å². The van der Waals surface area contributed by atoms with Crippen LogP contribution in [0.5, 0.6) is 0 Å². The van der Waals surface area contributed by atoms with Gasteiger partial charge in [0.2, 0.25) is 0 Å². The SMILES string of the molecule is O=C(Nc1ccc(F)cc1)c1n[nH]nc1NS(=O)(=O)c1ccccc1. The number of amides is 1. The van der Waals surface area contributed by atoms with E-state index >= 15 is 0 Å². The minimum absolute atomic E-state index is 0.0166. The van der Waals surface area contributed by atoms with E-state index in [9.17, 15) is 17.6 Å². The van der Waals surface area contributed by atoms with Crippen LogP contribution in [-0.4, -0.2) is 29.7 Å². The van der Waals surface area contributed by atoms with Gasteiger partial charge in [-0.1, -0.05) is 18.2 Å². The molecule has 0 aliphatic carbocycles. The predicted octanol–water partition coefficient (Wildman–Crippen LogP) is 2.00. The predicted molar refractivity (Wildman–Crippen MR) is 88.0 cm³/mol. The average molecular weight is 361 g/mol. The Bertz CT molecular complexity index is 988. The van der Waals surface area contributed by atoms with Crippen LogP contribution in [0.3, 0.4) is 0 Å². The van der Waals surface area contributed by atoms with Gasteiger partial charge in [0, 0.05) is 5.69 Å². The first kappa shape index (κ1) is 16.6. The zero-order valence-electron chi connectivity index (χ0n) is 12.6. The van der Waals surface area contributed by atoms with Crippen LogP contribution in [-0.2, 0) is 10.0 Å². The summed E-state index contributed by atoms with van der Waals surface area (Å²) >= 11 is 0. The van der Waals surface area contributed by atoms with Gasteiger partial charge in [-0.05, 0) is 36.4 Å². The third-order valence-corrected chi connectivity index (χ3v) is 4.50. The highest BCUT2D eigenvalue weighted by molar-refractivity contribution is 7.92. The quantitative estimate of drug-likeness (QED) is 0.642. The lowest BCUT2D eigenvalue weighted by molar-refractivity contribution is 0.102. The van der Waals surface area contributed by atoms with Crippen LogP contribution in [0.4, 0.5) is 15.9 Å². The average Bonchev–Trinajstić information content (AvgIpc) is 3.05. The van der Waals surface area contributed by atoms with Gasteiger partial charge in [0.1, 0.15) is 5.82 Å². The number of H-pyrrole nitrogens is 1. The van der Waals surface area contributed by atoms with Gasteiger partial charge in [-0.25, -0.2) is 12.8 Å². The molecule has 10 heteroatoms. The van der Waals surface area contributed by atoms with Gasteiger partial charge in [-0.2, -0.15) is 5.21 Å². The van der Waals surface area contributed by atoms with Crippen LogP contribution in [0.2, 0.25) is 0 Å². The van der Waals surface area contributed by atoms with E-state index in [0.29, 0.717) is 5.69 Å². The second kappa shape index (κ2) is 6.69. The molecule has 0 saturated carbocycles. The summed E-state index contributed by atoms with van der Waals surface area (Å²) in [6.45, 7) is 0. The number of anilines is 2. The lowest BCUT2D eigenvalue weighted by Crippen LogP contribution is -2.18. The molecule has 2 aromatic carbocycles. The molecule has 3 rings (SSSR count). The number of benzene rings is 2. The molecule has 3 N–H and O–H groups in total. The minimum atomic E-state index is -3.92. The number of carbonyl (C=O) groups excluding carboxylic acids is 1. The third-order valence-electron chi connectivity index (χ3n) is 3.15. The van der Waals surface area contributed by atoms with E-state index in [1.807, 2.05) is 0 Å². The maximum atomic E-state index is 12.9. The Kier molecular flexibility index (Phi) is 4.44. The van der Waals surface area contributed by atoms with E-state index in [1.54, 1.807) is 18.2 Å². The summed E-state index contributed by atoms with van der Waals surface area (Å²) in [6, 6.07) is 12.7. The molecule has 25 heavy (non-hydrogen) atoms. The van der Waals surface area contributed by atoms with Gasteiger partial charge in [0.15, 0.2) is 11.5 Å². The second-order valence-corrected chi connectivity index (χ2v) is 6.58. The first-order valence-corrected chi connectivity index (χ1v) is 8.49. The molecule has 3 aromatic rings. The van der Waals surface area contributed by atoms with Gasteiger partial charge >= 0.3 is 0 Å². The van der Waals surface area contributed by atoms with E-state index in [2.05, 4.69) is 25.4 Å². The first-order valence-electron chi connectivity index (χ1n) is 7.01. The molecule has 128 valence electrons. The highest BCUT2D eigenvalue weighted by atomic mass is 32.2. The van der Waals surface area contributed by atoms with Crippen LogP contribution in [0.25, 0.3) is 0 Å². The van der Waals surface area contributed by atoms with Crippen molar-refractivity contribution in [1.82, 2.24) is 15.4 Å². The molecule has 0 aliphatic rings. The Balaban J connectivity index is 1.80. The molecule has 1 amide bonds. The summed E-state index contributed by atoms with van der Waals surface area (Å²) in [7, 11) is -3.92. The molecule has 0 aliphatic heterocycles.